The number of thiazole rings is 1. The molecule has 8 heteroatoms. The quantitative estimate of drug-likeness (QED) is 0.719. The van der Waals surface area contributed by atoms with Gasteiger partial charge in [-0.1, -0.05) is 12.1 Å². The van der Waals surface area contributed by atoms with Crippen LogP contribution in [-0.4, -0.2) is 34.8 Å². The Morgan fingerprint density at radius 1 is 1.18 bits per heavy atom. The molecule has 1 saturated heterocycles. The predicted molar refractivity (Wildman–Crippen MR) is 103 cm³/mol. The third kappa shape index (κ3) is 3.82. The van der Waals surface area contributed by atoms with Crippen molar-refractivity contribution in [2.45, 2.75) is 12.8 Å². The maximum Gasteiger partial charge on any atom is 0.289 e. The molecule has 0 spiro atoms. The number of aromatic nitrogens is 1. The molecule has 1 aromatic carbocycles. The first-order valence-corrected chi connectivity index (χ1v) is 9.84. The largest absolute Gasteiger partial charge is 0.451 e. The van der Waals surface area contributed by atoms with Crippen molar-refractivity contribution in [3.8, 4) is 11.3 Å². The first kappa shape index (κ1) is 18.4. The van der Waals surface area contributed by atoms with Crippen LogP contribution in [0.4, 0.5) is 9.52 Å². The van der Waals surface area contributed by atoms with Crippen molar-refractivity contribution in [2.24, 2.45) is 5.92 Å². The highest BCUT2D eigenvalue weighted by Crippen LogP contribution is 2.27. The van der Waals surface area contributed by atoms with E-state index in [1.54, 1.807) is 46.8 Å². The third-order valence-electron chi connectivity index (χ3n) is 4.77. The molecule has 4 rings (SSSR count). The summed E-state index contributed by atoms with van der Waals surface area (Å²) in [4.78, 5) is 30.7. The molecule has 1 N–H and O–H groups in total. The van der Waals surface area contributed by atoms with Gasteiger partial charge in [-0.05, 0) is 37.1 Å². The number of nitrogens with zero attached hydrogens (tertiary/aromatic N) is 2. The highest BCUT2D eigenvalue weighted by molar-refractivity contribution is 7.13. The zero-order chi connectivity index (χ0) is 19.5. The number of nitrogens with one attached hydrogen (secondary N) is 1. The number of carbonyl (C=O) groups excluding carboxylic acids is 2. The maximum absolute atomic E-state index is 13.9. The second-order valence-corrected chi connectivity index (χ2v) is 7.43. The number of anilines is 1. The molecule has 0 atom stereocenters. The molecule has 2 amide bonds. The maximum atomic E-state index is 13.9. The van der Waals surface area contributed by atoms with E-state index in [-0.39, 0.29) is 23.5 Å². The van der Waals surface area contributed by atoms with Gasteiger partial charge in [0.15, 0.2) is 10.9 Å². The van der Waals surface area contributed by atoms with Gasteiger partial charge in [-0.15, -0.1) is 11.3 Å². The molecule has 3 heterocycles. The lowest BCUT2D eigenvalue weighted by molar-refractivity contribution is -0.121. The van der Waals surface area contributed by atoms with E-state index in [4.69, 9.17) is 4.42 Å². The molecule has 144 valence electrons. The summed E-state index contributed by atoms with van der Waals surface area (Å²) in [5.41, 5.74) is 0.319. The second kappa shape index (κ2) is 7.93. The van der Waals surface area contributed by atoms with Crippen LogP contribution in [0.1, 0.15) is 23.4 Å². The zero-order valence-electron chi connectivity index (χ0n) is 14.9. The topological polar surface area (TPSA) is 75.4 Å². The molecule has 28 heavy (non-hydrogen) atoms. The lowest BCUT2D eigenvalue weighted by atomic mass is 9.96. The number of likely N-dealkylation sites (tertiary alicyclic amines) is 1. The number of rotatable bonds is 4. The standard InChI is InChI=1S/C20H18FN3O3S/c21-15-4-2-1-3-14(15)16-5-6-17(27-16)19(26)24-10-7-13(8-11-24)18(25)23-20-22-9-12-28-20/h1-6,9,12-13H,7-8,10-11H2,(H,22,23,25). The van der Waals surface area contributed by atoms with Gasteiger partial charge in [0.2, 0.25) is 5.91 Å². The van der Waals surface area contributed by atoms with Crippen molar-refractivity contribution < 1.29 is 18.4 Å². The summed E-state index contributed by atoms with van der Waals surface area (Å²) in [5, 5.41) is 5.19. The Morgan fingerprint density at radius 2 is 1.96 bits per heavy atom. The van der Waals surface area contributed by atoms with E-state index in [1.165, 1.54) is 17.4 Å². The Bertz CT molecular complexity index is 978. The number of amides is 2. The normalized spacial score (nSPS) is 14.8. The number of hydrogen-bond donors (Lipinski definition) is 1. The fourth-order valence-electron chi connectivity index (χ4n) is 3.25. The van der Waals surface area contributed by atoms with Crippen LogP contribution in [0.15, 0.2) is 52.4 Å². The first-order chi connectivity index (χ1) is 13.6. The van der Waals surface area contributed by atoms with Gasteiger partial charge in [0, 0.05) is 30.6 Å². The number of carbonyl (C=O) groups is 2. The van der Waals surface area contributed by atoms with Gasteiger partial charge in [0.25, 0.3) is 5.91 Å². The summed E-state index contributed by atoms with van der Waals surface area (Å²) >= 11 is 1.37. The van der Waals surface area contributed by atoms with Gasteiger partial charge in [0.05, 0.1) is 5.56 Å². The van der Waals surface area contributed by atoms with Gasteiger partial charge in [0.1, 0.15) is 11.6 Å². The van der Waals surface area contributed by atoms with Crippen LogP contribution in [0.25, 0.3) is 11.3 Å². The zero-order valence-corrected chi connectivity index (χ0v) is 15.7. The molecule has 6 nitrogen and oxygen atoms in total. The average Bonchev–Trinajstić information content (AvgIpc) is 3.40. The molecule has 1 fully saturated rings. The van der Waals surface area contributed by atoms with Crippen molar-refractivity contribution in [2.75, 3.05) is 18.4 Å². The van der Waals surface area contributed by atoms with Crippen molar-refractivity contribution in [1.29, 1.82) is 0 Å². The van der Waals surface area contributed by atoms with Crippen LogP contribution < -0.4 is 5.32 Å². The summed E-state index contributed by atoms with van der Waals surface area (Å²) in [6.07, 6.45) is 2.79. The highest BCUT2D eigenvalue weighted by Gasteiger charge is 2.29. The lowest BCUT2D eigenvalue weighted by Crippen LogP contribution is -2.41. The van der Waals surface area contributed by atoms with Gasteiger partial charge in [-0.25, -0.2) is 9.37 Å². The van der Waals surface area contributed by atoms with E-state index in [9.17, 15) is 14.0 Å². The SMILES string of the molecule is O=C(Nc1nccs1)C1CCN(C(=O)c2ccc(-c3ccccc3F)o2)CC1. The molecule has 1 aliphatic rings. The Hall–Kier alpha value is -3.00. The molecule has 0 radical (unpaired) electrons. The molecule has 0 aliphatic carbocycles. The molecule has 3 aromatic rings. The lowest BCUT2D eigenvalue weighted by Gasteiger charge is -2.30. The number of hydrogen-bond acceptors (Lipinski definition) is 5. The minimum Gasteiger partial charge on any atom is -0.451 e. The molecular formula is C20H18FN3O3S. The smallest absolute Gasteiger partial charge is 0.289 e. The van der Waals surface area contributed by atoms with Gasteiger partial charge >= 0.3 is 0 Å². The third-order valence-corrected chi connectivity index (χ3v) is 5.46. The van der Waals surface area contributed by atoms with Crippen LogP contribution in [0.3, 0.4) is 0 Å². The fourth-order valence-corrected chi connectivity index (χ4v) is 3.78. The average molecular weight is 399 g/mol. The van der Waals surface area contributed by atoms with Gasteiger partial charge < -0.3 is 14.6 Å². The molecule has 1 aliphatic heterocycles. The Morgan fingerprint density at radius 3 is 2.68 bits per heavy atom. The van der Waals surface area contributed by atoms with Crippen LogP contribution in [-0.2, 0) is 4.79 Å². The van der Waals surface area contributed by atoms with E-state index in [1.807, 2.05) is 0 Å². The Labute approximate surface area is 165 Å². The van der Waals surface area contributed by atoms with Crippen molar-refractivity contribution in [1.82, 2.24) is 9.88 Å². The van der Waals surface area contributed by atoms with Gasteiger partial charge in [-0.3, -0.25) is 9.59 Å². The van der Waals surface area contributed by atoms with Gasteiger partial charge in [-0.2, -0.15) is 0 Å². The van der Waals surface area contributed by atoms with Crippen molar-refractivity contribution >= 4 is 28.3 Å². The Balaban J connectivity index is 1.37. The summed E-state index contributed by atoms with van der Waals surface area (Å²) in [5.74, 6) is -0.382. The minimum absolute atomic E-state index is 0.0677. The summed E-state index contributed by atoms with van der Waals surface area (Å²) in [6.45, 7) is 0.926. The van der Waals surface area contributed by atoms with E-state index >= 15 is 0 Å². The van der Waals surface area contributed by atoms with Crippen molar-refractivity contribution in [3.63, 3.8) is 0 Å². The number of benzene rings is 1. The molecule has 0 bridgehead atoms. The second-order valence-electron chi connectivity index (χ2n) is 6.54. The molecule has 0 unspecified atom stereocenters. The monoisotopic (exact) mass is 399 g/mol. The summed E-state index contributed by atoms with van der Waals surface area (Å²) in [6, 6.07) is 9.42. The number of furan rings is 1. The predicted octanol–water partition coefficient (Wildman–Crippen LogP) is 4.03. The molecule has 2 aromatic heterocycles. The van der Waals surface area contributed by atoms with E-state index < -0.39 is 5.82 Å². The summed E-state index contributed by atoms with van der Waals surface area (Å²) in [7, 11) is 0. The van der Waals surface area contributed by atoms with Crippen LogP contribution in [0, 0.1) is 11.7 Å². The van der Waals surface area contributed by atoms with E-state index in [2.05, 4.69) is 10.3 Å². The van der Waals surface area contributed by atoms with Crippen molar-refractivity contribution in [3.05, 3.63) is 59.6 Å². The first-order valence-electron chi connectivity index (χ1n) is 8.96. The van der Waals surface area contributed by atoms with Crippen LogP contribution in [0.2, 0.25) is 0 Å². The fraction of sp³-hybridized carbons (Fsp3) is 0.250. The highest BCUT2D eigenvalue weighted by atomic mass is 32.1. The van der Waals surface area contributed by atoms with Crippen LogP contribution >= 0.6 is 11.3 Å². The Kier molecular flexibility index (Phi) is 5.21. The number of piperidine rings is 1. The number of halogens is 1. The van der Waals surface area contributed by atoms with E-state index in [0.717, 1.165) is 0 Å². The molecule has 0 saturated carbocycles. The van der Waals surface area contributed by atoms with E-state index in [0.29, 0.717) is 42.4 Å². The minimum atomic E-state index is -0.400. The van der Waals surface area contributed by atoms with Crippen LogP contribution in [0.5, 0.6) is 0 Å². The summed E-state index contributed by atoms with van der Waals surface area (Å²) < 4.78 is 19.5. The molecular weight excluding hydrogens is 381 g/mol.